The van der Waals surface area contributed by atoms with Gasteiger partial charge in [0.1, 0.15) is 5.75 Å². The minimum absolute atomic E-state index is 0. The van der Waals surface area contributed by atoms with Crippen LogP contribution in [0.25, 0.3) is 0 Å². The summed E-state index contributed by atoms with van der Waals surface area (Å²) >= 11 is 0. The van der Waals surface area contributed by atoms with Crippen LogP contribution in [0.2, 0.25) is 0 Å². The van der Waals surface area contributed by atoms with Gasteiger partial charge < -0.3 is 25.4 Å². The number of nitrogens with one attached hydrogen (secondary N) is 2. The predicted molar refractivity (Wildman–Crippen MR) is 125 cm³/mol. The van der Waals surface area contributed by atoms with Crippen molar-refractivity contribution in [2.24, 2.45) is 4.99 Å². The smallest absolute Gasteiger partial charge is 0.406 e. The van der Waals surface area contributed by atoms with Gasteiger partial charge in [0.15, 0.2) is 5.96 Å². The van der Waals surface area contributed by atoms with Crippen LogP contribution in [-0.4, -0.2) is 60.6 Å². The van der Waals surface area contributed by atoms with Gasteiger partial charge in [-0.2, -0.15) is 0 Å². The molecule has 2 saturated heterocycles. The minimum atomic E-state index is -4.73. The number of hydrogen-bond donors (Lipinski definition) is 3. The lowest BCUT2D eigenvalue weighted by Crippen LogP contribution is -2.56. The zero-order valence-corrected chi connectivity index (χ0v) is 20.2. The van der Waals surface area contributed by atoms with Crippen molar-refractivity contribution >= 4 is 29.9 Å². The number of alkyl halides is 3. The Kier molecular flexibility index (Phi) is 9.68. The first kappa shape index (κ1) is 26.0. The lowest BCUT2D eigenvalue weighted by atomic mass is 9.82. The Hall–Kier alpha value is -1.27. The van der Waals surface area contributed by atoms with E-state index in [2.05, 4.69) is 32.3 Å². The number of nitrogens with zero attached hydrogens (tertiary/aromatic N) is 2. The van der Waals surface area contributed by atoms with Crippen LogP contribution in [0.1, 0.15) is 50.7 Å². The number of benzene rings is 1. The minimum Gasteiger partial charge on any atom is -0.406 e. The molecule has 2 heterocycles. The third kappa shape index (κ3) is 7.67. The maximum atomic E-state index is 12.3. The number of aliphatic hydroxyl groups excluding tert-OH is 1. The van der Waals surface area contributed by atoms with E-state index in [0.29, 0.717) is 36.2 Å². The molecular formula is C21H32F3IN4O2. The Morgan fingerprint density at radius 1 is 1.23 bits per heavy atom. The predicted octanol–water partition coefficient (Wildman–Crippen LogP) is 3.81. The second-order valence-electron chi connectivity index (χ2n) is 8.07. The SMILES string of the molecule is CCNC(=NCC(O)c1ccc(OC(F)(F)F)cc1)NC1CC2CCCC(C1)N2C.I. The first-order valence-electron chi connectivity index (χ1n) is 10.6. The van der Waals surface area contributed by atoms with Crippen molar-refractivity contribution in [1.82, 2.24) is 15.5 Å². The molecule has 3 N–H and O–H groups in total. The molecule has 0 amide bonds. The van der Waals surface area contributed by atoms with Gasteiger partial charge in [0.25, 0.3) is 0 Å². The van der Waals surface area contributed by atoms with Crippen molar-refractivity contribution in [1.29, 1.82) is 0 Å². The summed E-state index contributed by atoms with van der Waals surface area (Å²) in [7, 11) is 2.21. The molecule has 3 atom stereocenters. The third-order valence-corrected chi connectivity index (χ3v) is 5.95. The van der Waals surface area contributed by atoms with Crippen LogP contribution in [0.15, 0.2) is 29.3 Å². The molecule has 31 heavy (non-hydrogen) atoms. The third-order valence-electron chi connectivity index (χ3n) is 5.95. The average Bonchev–Trinajstić information content (AvgIpc) is 2.66. The fourth-order valence-electron chi connectivity index (χ4n) is 4.42. The van der Waals surface area contributed by atoms with Gasteiger partial charge in [-0.15, -0.1) is 37.1 Å². The van der Waals surface area contributed by atoms with Crippen LogP contribution in [0.5, 0.6) is 5.75 Å². The van der Waals surface area contributed by atoms with E-state index >= 15 is 0 Å². The van der Waals surface area contributed by atoms with E-state index in [1.54, 1.807) is 0 Å². The van der Waals surface area contributed by atoms with Gasteiger partial charge in [-0.25, -0.2) is 0 Å². The quantitative estimate of drug-likeness (QED) is 0.283. The molecule has 10 heteroatoms. The number of fused-ring (bicyclic) bond motifs is 2. The van der Waals surface area contributed by atoms with Crippen molar-refractivity contribution in [2.45, 2.75) is 69.6 Å². The highest BCUT2D eigenvalue weighted by atomic mass is 127. The monoisotopic (exact) mass is 556 g/mol. The van der Waals surface area contributed by atoms with Gasteiger partial charge >= 0.3 is 6.36 Å². The zero-order chi connectivity index (χ0) is 21.7. The number of rotatable bonds is 6. The molecule has 2 bridgehead atoms. The summed E-state index contributed by atoms with van der Waals surface area (Å²) in [5, 5.41) is 17.1. The maximum Gasteiger partial charge on any atom is 0.573 e. The summed E-state index contributed by atoms with van der Waals surface area (Å²) in [5.74, 6) is 0.339. The molecule has 176 valence electrons. The normalized spacial score (nSPS) is 25.4. The number of hydrogen-bond acceptors (Lipinski definition) is 4. The molecule has 3 rings (SSSR count). The molecule has 6 nitrogen and oxygen atoms in total. The van der Waals surface area contributed by atoms with Crippen molar-refractivity contribution in [2.75, 3.05) is 20.1 Å². The highest BCUT2D eigenvalue weighted by molar-refractivity contribution is 14.0. The zero-order valence-electron chi connectivity index (χ0n) is 17.9. The highest BCUT2D eigenvalue weighted by Crippen LogP contribution is 2.32. The van der Waals surface area contributed by atoms with E-state index in [1.165, 1.54) is 43.5 Å². The van der Waals surface area contributed by atoms with Crippen molar-refractivity contribution < 1.29 is 23.0 Å². The van der Waals surface area contributed by atoms with Crippen LogP contribution < -0.4 is 15.4 Å². The van der Waals surface area contributed by atoms with Gasteiger partial charge in [0.2, 0.25) is 0 Å². The first-order valence-corrected chi connectivity index (χ1v) is 10.6. The van der Waals surface area contributed by atoms with Crippen LogP contribution in [0.3, 0.4) is 0 Å². The van der Waals surface area contributed by atoms with Crippen molar-refractivity contribution in [3.8, 4) is 5.75 Å². The van der Waals surface area contributed by atoms with E-state index in [-0.39, 0.29) is 36.3 Å². The van der Waals surface area contributed by atoms with Crippen molar-refractivity contribution in [3.05, 3.63) is 29.8 Å². The molecule has 2 aliphatic rings. The van der Waals surface area contributed by atoms with E-state index in [9.17, 15) is 18.3 Å². The largest absolute Gasteiger partial charge is 0.573 e. The summed E-state index contributed by atoms with van der Waals surface area (Å²) in [6, 6.07) is 6.75. The topological polar surface area (TPSA) is 69.1 Å². The van der Waals surface area contributed by atoms with Crippen LogP contribution in [-0.2, 0) is 0 Å². The first-order chi connectivity index (χ1) is 14.2. The van der Waals surface area contributed by atoms with Gasteiger partial charge in [-0.05, 0) is 57.4 Å². The molecule has 1 aromatic carbocycles. The number of guanidine groups is 1. The Bertz CT molecular complexity index is 704. The second-order valence-corrected chi connectivity index (χ2v) is 8.07. The van der Waals surface area contributed by atoms with Gasteiger partial charge in [0, 0.05) is 24.7 Å². The molecule has 0 radical (unpaired) electrons. The van der Waals surface area contributed by atoms with Crippen LogP contribution >= 0.6 is 24.0 Å². The van der Waals surface area contributed by atoms with E-state index in [4.69, 9.17) is 0 Å². The summed E-state index contributed by atoms with van der Waals surface area (Å²) < 4.78 is 40.7. The number of aliphatic imine (C=N–C) groups is 1. The Balaban J connectivity index is 0.00000341. The Morgan fingerprint density at radius 2 is 1.84 bits per heavy atom. The number of halogens is 4. The van der Waals surface area contributed by atoms with Crippen LogP contribution in [0.4, 0.5) is 13.2 Å². The molecule has 0 saturated carbocycles. The molecule has 3 unspecified atom stereocenters. The average molecular weight is 556 g/mol. The highest BCUT2D eigenvalue weighted by Gasteiger charge is 2.36. The Labute approximate surface area is 198 Å². The summed E-state index contributed by atoms with van der Waals surface area (Å²) in [5.41, 5.74) is 0.484. The van der Waals surface area contributed by atoms with Crippen molar-refractivity contribution in [3.63, 3.8) is 0 Å². The van der Waals surface area contributed by atoms with Gasteiger partial charge in [-0.3, -0.25) is 4.99 Å². The molecule has 0 spiro atoms. The fraction of sp³-hybridized carbons (Fsp3) is 0.667. The molecule has 1 aromatic rings. The lowest BCUT2D eigenvalue weighted by molar-refractivity contribution is -0.274. The molecule has 0 aliphatic carbocycles. The maximum absolute atomic E-state index is 12.3. The second kappa shape index (κ2) is 11.6. The van der Waals surface area contributed by atoms with E-state index in [1.807, 2.05) is 6.92 Å². The molecular weight excluding hydrogens is 524 g/mol. The fourth-order valence-corrected chi connectivity index (χ4v) is 4.42. The number of aliphatic hydroxyl groups is 1. The van der Waals surface area contributed by atoms with Crippen LogP contribution in [0, 0.1) is 0 Å². The Morgan fingerprint density at radius 3 is 2.39 bits per heavy atom. The number of ether oxygens (including phenoxy) is 1. The molecule has 2 fully saturated rings. The molecule has 0 aromatic heterocycles. The standard InChI is InChI=1S/C21H31F3N4O2.HI/c1-3-25-20(27-15-11-16-5-4-6-17(12-15)28(16)2)26-13-19(29)14-7-9-18(10-8-14)30-21(22,23)24;/h7-10,15-17,19,29H,3-6,11-13H2,1-2H3,(H2,25,26,27);1H. The number of piperidine rings is 2. The van der Waals surface area contributed by atoms with Gasteiger partial charge in [-0.1, -0.05) is 18.6 Å². The van der Waals surface area contributed by atoms with E-state index in [0.717, 1.165) is 12.8 Å². The summed E-state index contributed by atoms with van der Waals surface area (Å²) in [6.07, 6.45) is 0.235. The van der Waals surface area contributed by atoms with E-state index < -0.39 is 12.5 Å². The summed E-state index contributed by atoms with van der Waals surface area (Å²) in [6.45, 7) is 2.79. The lowest BCUT2D eigenvalue weighted by Gasteiger charge is -2.47. The summed E-state index contributed by atoms with van der Waals surface area (Å²) in [4.78, 5) is 7.00. The molecule has 2 aliphatic heterocycles. The van der Waals surface area contributed by atoms with Gasteiger partial charge in [0.05, 0.1) is 12.6 Å².